The predicted octanol–water partition coefficient (Wildman–Crippen LogP) is 2.83. The van der Waals surface area contributed by atoms with E-state index < -0.39 is 0 Å². The summed E-state index contributed by atoms with van der Waals surface area (Å²) in [4.78, 5) is 18.1. The molecule has 1 aromatic carbocycles. The minimum Gasteiger partial charge on any atom is -0.494 e. The first-order chi connectivity index (χ1) is 12.1. The fourth-order valence-corrected chi connectivity index (χ4v) is 2.83. The molecule has 130 valence electrons. The highest BCUT2D eigenvalue weighted by Gasteiger charge is 2.13. The van der Waals surface area contributed by atoms with Crippen molar-refractivity contribution in [3.05, 3.63) is 59.7 Å². The SMILES string of the molecule is CNC(=O)c1ccc(CN(C)Cc2ccc(OC)c3ncccc23)o1. The van der Waals surface area contributed by atoms with Crippen molar-refractivity contribution in [3.63, 3.8) is 0 Å². The Bertz CT molecular complexity index is 889. The van der Waals surface area contributed by atoms with Crippen molar-refractivity contribution in [2.45, 2.75) is 13.1 Å². The standard InChI is InChI=1S/C19H21N3O3/c1-20-19(23)17-9-7-14(25-17)12-22(2)11-13-6-8-16(24-3)18-15(13)5-4-10-21-18/h4-10H,11-12H2,1-3H3,(H,20,23). The lowest BCUT2D eigenvalue weighted by atomic mass is 10.1. The Morgan fingerprint density at radius 1 is 1.24 bits per heavy atom. The van der Waals surface area contributed by atoms with Gasteiger partial charge in [-0.25, -0.2) is 0 Å². The molecule has 1 amide bonds. The summed E-state index contributed by atoms with van der Waals surface area (Å²) in [6.07, 6.45) is 1.77. The van der Waals surface area contributed by atoms with E-state index in [-0.39, 0.29) is 5.91 Å². The Balaban J connectivity index is 1.77. The van der Waals surface area contributed by atoms with E-state index >= 15 is 0 Å². The Morgan fingerprint density at radius 2 is 2.08 bits per heavy atom. The molecular formula is C19H21N3O3. The summed E-state index contributed by atoms with van der Waals surface area (Å²) in [5, 5.41) is 3.62. The number of nitrogens with zero attached hydrogens (tertiary/aromatic N) is 2. The molecule has 0 bridgehead atoms. The zero-order valence-electron chi connectivity index (χ0n) is 14.6. The van der Waals surface area contributed by atoms with Gasteiger partial charge in [-0.15, -0.1) is 0 Å². The van der Waals surface area contributed by atoms with E-state index in [2.05, 4.69) is 21.3 Å². The number of methoxy groups -OCH3 is 1. The second-order valence-corrected chi connectivity index (χ2v) is 5.84. The fraction of sp³-hybridized carbons (Fsp3) is 0.263. The van der Waals surface area contributed by atoms with E-state index in [1.54, 1.807) is 26.4 Å². The normalized spacial score (nSPS) is 11.0. The maximum atomic E-state index is 11.6. The molecule has 6 nitrogen and oxygen atoms in total. The molecule has 0 aliphatic heterocycles. The summed E-state index contributed by atoms with van der Waals surface area (Å²) in [6, 6.07) is 11.5. The molecule has 25 heavy (non-hydrogen) atoms. The first-order valence-electron chi connectivity index (χ1n) is 8.02. The predicted molar refractivity (Wildman–Crippen MR) is 95.6 cm³/mol. The van der Waals surface area contributed by atoms with Crippen molar-refractivity contribution in [3.8, 4) is 5.75 Å². The summed E-state index contributed by atoms with van der Waals surface area (Å²) in [7, 11) is 5.24. The molecule has 0 unspecified atom stereocenters. The van der Waals surface area contributed by atoms with E-state index in [0.29, 0.717) is 12.3 Å². The van der Waals surface area contributed by atoms with Crippen LogP contribution in [0.4, 0.5) is 0 Å². The molecule has 0 spiro atoms. The third kappa shape index (κ3) is 3.64. The van der Waals surface area contributed by atoms with Gasteiger partial charge in [0.15, 0.2) is 5.76 Å². The Labute approximate surface area is 146 Å². The summed E-state index contributed by atoms with van der Waals surface area (Å²) in [5.41, 5.74) is 2.01. The molecule has 3 rings (SSSR count). The number of ether oxygens (including phenoxy) is 1. The van der Waals surface area contributed by atoms with Crippen LogP contribution in [0.2, 0.25) is 0 Å². The van der Waals surface area contributed by atoms with Crippen LogP contribution in [0.5, 0.6) is 5.75 Å². The van der Waals surface area contributed by atoms with E-state index in [1.807, 2.05) is 31.3 Å². The van der Waals surface area contributed by atoms with E-state index in [0.717, 1.165) is 34.5 Å². The van der Waals surface area contributed by atoms with Crippen LogP contribution in [-0.4, -0.2) is 37.0 Å². The molecule has 0 radical (unpaired) electrons. The highest BCUT2D eigenvalue weighted by atomic mass is 16.5. The summed E-state index contributed by atoms with van der Waals surface area (Å²) in [5.74, 6) is 1.62. The lowest BCUT2D eigenvalue weighted by Crippen LogP contribution is -2.18. The van der Waals surface area contributed by atoms with Crippen LogP contribution in [-0.2, 0) is 13.1 Å². The summed E-state index contributed by atoms with van der Waals surface area (Å²) < 4.78 is 11.0. The number of rotatable bonds is 6. The Kier molecular flexibility index (Phi) is 5.00. The van der Waals surface area contributed by atoms with Gasteiger partial charge in [-0.2, -0.15) is 0 Å². The minimum atomic E-state index is -0.221. The molecule has 0 saturated carbocycles. The van der Waals surface area contributed by atoms with Crippen LogP contribution >= 0.6 is 0 Å². The molecular weight excluding hydrogens is 318 g/mol. The molecule has 0 saturated heterocycles. The van der Waals surface area contributed by atoms with Crippen LogP contribution in [0.25, 0.3) is 10.9 Å². The topological polar surface area (TPSA) is 67.6 Å². The molecule has 6 heteroatoms. The molecule has 0 atom stereocenters. The van der Waals surface area contributed by atoms with Crippen LogP contribution in [0.3, 0.4) is 0 Å². The number of hydrogen-bond acceptors (Lipinski definition) is 5. The van der Waals surface area contributed by atoms with Gasteiger partial charge in [0, 0.05) is 25.2 Å². The van der Waals surface area contributed by atoms with Gasteiger partial charge in [0.25, 0.3) is 5.91 Å². The van der Waals surface area contributed by atoms with Crippen LogP contribution in [0.1, 0.15) is 21.9 Å². The maximum Gasteiger partial charge on any atom is 0.286 e. The summed E-state index contributed by atoms with van der Waals surface area (Å²) >= 11 is 0. The Morgan fingerprint density at radius 3 is 2.84 bits per heavy atom. The number of carbonyl (C=O) groups is 1. The number of nitrogens with one attached hydrogen (secondary N) is 1. The van der Waals surface area contributed by atoms with Crippen molar-refractivity contribution in [1.29, 1.82) is 0 Å². The van der Waals surface area contributed by atoms with E-state index in [4.69, 9.17) is 9.15 Å². The quantitative estimate of drug-likeness (QED) is 0.748. The lowest BCUT2D eigenvalue weighted by Gasteiger charge is -2.17. The highest BCUT2D eigenvalue weighted by Crippen LogP contribution is 2.27. The first-order valence-corrected chi connectivity index (χ1v) is 8.02. The van der Waals surface area contributed by atoms with Gasteiger partial charge in [0.05, 0.1) is 13.7 Å². The van der Waals surface area contributed by atoms with Crippen LogP contribution < -0.4 is 10.1 Å². The average Bonchev–Trinajstić information content (AvgIpc) is 3.09. The second-order valence-electron chi connectivity index (χ2n) is 5.84. The highest BCUT2D eigenvalue weighted by molar-refractivity contribution is 5.91. The van der Waals surface area contributed by atoms with E-state index in [1.165, 1.54) is 0 Å². The van der Waals surface area contributed by atoms with E-state index in [9.17, 15) is 4.79 Å². The van der Waals surface area contributed by atoms with Gasteiger partial charge in [-0.1, -0.05) is 12.1 Å². The number of carbonyl (C=O) groups excluding carboxylic acids is 1. The van der Waals surface area contributed by atoms with Crippen molar-refractivity contribution >= 4 is 16.8 Å². The summed E-state index contributed by atoms with van der Waals surface area (Å²) in [6.45, 7) is 1.33. The number of pyridine rings is 1. The van der Waals surface area contributed by atoms with Crippen molar-refractivity contribution in [1.82, 2.24) is 15.2 Å². The molecule has 2 heterocycles. The molecule has 1 N–H and O–H groups in total. The zero-order chi connectivity index (χ0) is 17.8. The van der Waals surface area contributed by atoms with Gasteiger partial charge >= 0.3 is 0 Å². The molecule has 3 aromatic rings. The lowest BCUT2D eigenvalue weighted by molar-refractivity contribution is 0.0932. The zero-order valence-corrected chi connectivity index (χ0v) is 14.6. The molecule has 0 aliphatic carbocycles. The fourth-order valence-electron chi connectivity index (χ4n) is 2.83. The third-order valence-electron chi connectivity index (χ3n) is 4.02. The largest absolute Gasteiger partial charge is 0.494 e. The van der Waals surface area contributed by atoms with Gasteiger partial charge in [-0.3, -0.25) is 14.7 Å². The van der Waals surface area contributed by atoms with Gasteiger partial charge in [0.2, 0.25) is 0 Å². The number of furan rings is 1. The van der Waals surface area contributed by atoms with Gasteiger partial charge in [-0.05, 0) is 36.9 Å². The second kappa shape index (κ2) is 7.36. The average molecular weight is 339 g/mol. The molecule has 0 fully saturated rings. The van der Waals surface area contributed by atoms with Crippen molar-refractivity contribution in [2.24, 2.45) is 0 Å². The first kappa shape index (κ1) is 17.0. The Hall–Kier alpha value is -2.86. The molecule has 0 aliphatic rings. The van der Waals surface area contributed by atoms with Crippen LogP contribution in [0, 0.1) is 0 Å². The monoisotopic (exact) mass is 339 g/mol. The number of amides is 1. The number of fused-ring (bicyclic) bond motifs is 1. The van der Waals surface area contributed by atoms with Crippen LogP contribution in [0.15, 0.2) is 47.0 Å². The van der Waals surface area contributed by atoms with Crippen molar-refractivity contribution < 1.29 is 13.9 Å². The maximum absolute atomic E-state index is 11.6. The smallest absolute Gasteiger partial charge is 0.286 e. The minimum absolute atomic E-state index is 0.221. The number of benzene rings is 1. The number of aromatic nitrogens is 1. The van der Waals surface area contributed by atoms with Gasteiger partial charge < -0.3 is 14.5 Å². The molecule has 2 aromatic heterocycles. The number of hydrogen-bond donors (Lipinski definition) is 1. The van der Waals surface area contributed by atoms with Crippen molar-refractivity contribution in [2.75, 3.05) is 21.2 Å². The van der Waals surface area contributed by atoms with Gasteiger partial charge in [0.1, 0.15) is 17.0 Å². The third-order valence-corrected chi connectivity index (χ3v) is 4.02.